The maximum Gasteiger partial charge on any atom is 0.238 e. The van der Waals surface area contributed by atoms with E-state index < -0.39 is 21.6 Å². The van der Waals surface area contributed by atoms with Crippen LogP contribution in [0.15, 0.2) is 53.4 Å². The maximum atomic E-state index is 12.3. The Hall–Kier alpha value is -2.77. The lowest BCUT2D eigenvalue weighted by molar-refractivity contribution is -0.110. The van der Waals surface area contributed by atoms with Crippen LogP contribution >= 0.6 is 0 Å². The van der Waals surface area contributed by atoms with E-state index in [9.17, 15) is 23.1 Å². The third-order valence-electron chi connectivity index (χ3n) is 3.57. The Labute approximate surface area is 131 Å². The smallest absolute Gasteiger partial charge is 0.238 e. The van der Waals surface area contributed by atoms with Crippen LogP contribution in [0.3, 0.4) is 0 Å². The second-order valence-electron chi connectivity index (χ2n) is 5.00. The summed E-state index contributed by atoms with van der Waals surface area (Å²) in [6.07, 6.45) is 0. The third kappa shape index (κ3) is 2.45. The van der Waals surface area contributed by atoms with Crippen molar-refractivity contribution in [3.8, 4) is 0 Å². The number of sulfonamides is 1. The SMILES string of the molecule is NS(=O)(=O)c1ccc(C2=C(O)c3ccccc3C(=O)C2=O)cc1. The Morgan fingerprint density at radius 3 is 1.96 bits per heavy atom. The van der Waals surface area contributed by atoms with E-state index in [4.69, 9.17) is 5.14 Å². The zero-order chi connectivity index (χ0) is 16.8. The molecule has 0 aromatic heterocycles. The summed E-state index contributed by atoms with van der Waals surface area (Å²) in [4.78, 5) is 24.3. The highest BCUT2D eigenvalue weighted by Crippen LogP contribution is 2.33. The van der Waals surface area contributed by atoms with E-state index in [1.807, 2.05) is 0 Å². The van der Waals surface area contributed by atoms with Crippen LogP contribution in [0.2, 0.25) is 0 Å². The molecule has 6 nitrogen and oxygen atoms in total. The molecule has 7 heteroatoms. The molecule has 0 spiro atoms. The molecule has 0 aliphatic heterocycles. The molecule has 2 aromatic carbocycles. The van der Waals surface area contributed by atoms with Gasteiger partial charge in [-0.15, -0.1) is 0 Å². The number of ketones is 2. The first kappa shape index (κ1) is 15.1. The monoisotopic (exact) mass is 329 g/mol. The summed E-state index contributed by atoms with van der Waals surface area (Å²) in [7, 11) is -3.87. The number of aliphatic hydroxyl groups is 1. The van der Waals surface area contributed by atoms with Crippen LogP contribution in [-0.2, 0) is 14.8 Å². The van der Waals surface area contributed by atoms with Gasteiger partial charge in [-0.25, -0.2) is 13.6 Å². The quantitative estimate of drug-likeness (QED) is 0.811. The molecule has 0 fully saturated rings. The van der Waals surface area contributed by atoms with E-state index in [0.29, 0.717) is 0 Å². The summed E-state index contributed by atoms with van der Waals surface area (Å²) < 4.78 is 22.5. The fourth-order valence-corrected chi connectivity index (χ4v) is 2.96. The van der Waals surface area contributed by atoms with E-state index in [2.05, 4.69) is 0 Å². The number of carbonyl (C=O) groups excluding carboxylic acids is 2. The molecule has 3 rings (SSSR count). The Balaban J connectivity index is 2.19. The highest BCUT2D eigenvalue weighted by Gasteiger charge is 2.33. The molecule has 0 saturated heterocycles. The van der Waals surface area contributed by atoms with Gasteiger partial charge in [-0.3, -0.25) is 9.59 Å². The minimum atomic E-state index is -3.87. The summed E-state index contributed by atoms with van der Waals surface area (Å²) in [5.74, 6) is -1.87. The number of nitrogens with two attached hydrogens (primary N) is 1. The lowest BCUT2D eigenvalue weighted by Gasteiger charge is -2.17. The second kappa shape index (κ2) is 5.15. The van der Waals surface area contributed by atoms with Crippen molar-refractivity contribution < 1.29 is 23.1 Å². The van der Waals surface area contributed by atoms with Crippen molar-refractivity contribution >= 4 is 32.9 Å². The number of benzene rings is 2. The van der Waals surface area contributed by atoms with Crippen LogP contribution in [0.4, 0.5) is 0 Å². The zero-order valence-electron chi connectivity index (χ0n) is 11.7. The van der Waals surface area contributed by atoms with Crippen LogP contribution in [0.5, 0.6) is 0 Å². The topological polar surface area (TPSA) is 115 Å². The van der Waals surface area contributed by atoms with Crippen LogP contribution in [-0.4, -0.2) is 25.1 Å². The average Bonchev–Trinajstić information content (AvgIpc) is 2.53. The van der Waals surface area contributed by atoms with Crippen LogP contribution in [0.1, 0.15) is 21.5 Å². The molecule has 116 valence electrons. The molecule has 1 aliphatic carbocycles. The number of aliphatic hydroxyl groups excluding tert-OH is 1. The predicted octanol–water partition coefficient (Wildman–Crippen LogP) is 1.53. The lowest BCUT2D eigenvalue weighted by atomic mass is 9.85. The Morgan fingerprint density at radius 1 is 0.826 bits per heavy atom. The molecule has 0 atom stereocenters. The average molecular weight is 329 g/mol. The predicted molar refractivity (Wildman–Crippen MR) is 83.0 cm³/mol. The van der Waals surface area contributed by atoms with Crippen LogP contribution < -0.4 is 5.14 Å². The van der Waals surface area contributed by atoms with Gasteiger partial charge in [-0.2, -0.15) is 0 Å². The number of fused-ring (bicyclic) bond motifs is 1. The Kier molecular flexibility index (Phi) is 3.39. The van der Waals surface area contributed by atoms with Crippen LogP contribution in [0, 0.1) is 0 Å². The van der Waals surface area contributed by atoms with Crippen molar-refractivity contribution in [2.75, 3.05) is 0 Å². The van der Waals surface area contributed by atoms with Gasteiger partial charge in [-0.1, -0.05) is 36.4 Å². The lowest BCUT2D eigenvalue weighted by Crippen LogP contribution is -2.23. The highest BCUT2D eigenvalue weighted by molar-refractivity contribution is 7.89. The maximum absolute atomic E-state index is 12.3. The summed E-state index contributed by atoms with van der Waals surface area (Å²) in [5, 5.41) is 15.4. The first-order chi connectivity index (χ1) is 10.8. The van der Waals surface area contributed by atoms with Gasteiger partial charge in [0.2, 0.25) is 21.6 Å². The minimum Gasteiger partial charge on any atom is -0.506 e. The van der Waals surface area contributed by atoms with Crippen molar-refractivity contribution in [2.45, 2.75) is 4.90 Å². The molecule has 23 heavy (non-hydrogen) atoms. The van der Waals surface area contributed by atoms with Gasteiger partial charge in [0.05, 0.1) is 10.5 Å². The van der Waals surface area contributed by atoms with Gasteiger partial charge >= 0.3 is 0 Å². The van der Waals surface area contributed by atoms with Crippen molar-refractivity contribution in [3.05, 3.63) is 65.2 Å². The number of carbonyl (C=O) groups is 2. The van der Waals surface area contributed by atoms with Gasteiger partial charge in [0.25, 0.3) is 0 Å². The van der Waals surface area contributed by atoms with Crippen LogP contribution in [0.25, 0.3) is 11.3 Å². The van der Waals surface area contributed by atoms with E-state index in [-0.39, 0.29) is 32.9 Å². The van der Waals surface area contributed by atoms with Gasteiger partial charge in [0, 0.05) is 11.1 Å². The number of rotatable bonds is 2. The molecule has 2 aromatic rings. The molecule has 0 saturated carbocycles. The fourth-order valence-electron chi connectivity index (χ4n) is 2.44. The molecule has 0 heterocycles. The summed E-state index contributed by atoms with van der Waals surface area (Å²) in [6.45, 7) is 0. The van der Waals surface area contributed by atoms with E-state index >= 15 is 0 Å². The standard InChI is InChI=1S/C16H11NO5S/c17-23(21,22)10-7-5-9(6-8-10)13-14(18)11-3-1-2-4-12(11)15(19)16(13)20/h1-8,18H,(H2,17,21,22). The first-order valence-electron chi connectivity index (χ1n) is 6.55. The second-order valence-corrected chi connectivity index (χ2v) is 6.56. The Bertz CT molecular complexity index is 972. The summed E-state index contributed by atoms with van der Waals surface area (Å²) in [5.41, 5.74) is 0.486. The Morgan fingerprint density at radius 2 is 1.39 bits per heavy atom. The number of hydrogen-bond donors (Lipinski definition) is 2. The van der Waals surface area contributed by atoms with Crippen molar-refractivity contribution in [2.24, 2.45) is 5.14 Å². The first-order valence-corrected chi connectivity index (χ1v) is 8.10. The highest BCUT2D eigenvalue weighted by atomic mass is 32.2. The summed E-state index contributed by atoms with van der Waals surface area (Å²) >= 11 is 0. The van der Waals surface area contributed by atoms with Gasteiger partial charge < -0.3 is 5.11 Å². The largest absolute Gasteiger partial charge is 0.506 e. The van der Waals surface area contributed by atoms with Crippen molar-refractivity contribution in [1.29, 1.82) is 0 Å². The summed E-state index contributed by atoms with van der Waals surface area (Å²) in [6, 6.07) is 11.3. The molecule has 0 radical (unpaired) electrons. The normalized spacial score (nSPS) is 14.8. The van der Waals surface area contributed by atoms with Crippen molar-refractivity contribution in [1.82, 2.24) is 0 Å². The number of Topliss-reactive ketones (excluding diaryl/α,β-unsaturated/α-hetero) is 2. The van der Waals surface area contributed by atoms with Gasteiger partial charge in [-0.05, 0) is 17.7 Å². The van der Waals surface area contributed by atoms with Gasteiger partial charge in [0.1, 0.15) is 5.76 Å². The molecule has 0 amide bonds. The van der Waals surface area contributed by atoms with E-state index in [0.717, 1.165) is 0 Å². The molecule has 1 aliphatic rings. The molecule has 0 unspecified atom stereocenters. The van der Waals surface area contributed by atoms with E-state index in [1.54, 1.807) is 12.1 Å². The number of primary sulfonamides is 1. The molecular formula is C16H11NO5S. The minimum absolute atomic E-state index is 0.128. The zero-order valence-corrected chi connectivity index (χ0v) is 12.5. The van der Waals surface area contributed by atoms with Gasteiger partial charge in [0.15, 0.2) is 0 Å². The molecule has 3 N–H and O–H groups in total. The molecule has 0 bridgehead atoms. The third-order valence-corrected chi connectivity index (χ3v) is 4.50. The van der Waals surface area contributed by atoms with E-state index in [1.165, 1.54) is 36.4 Å². The molecular weight excluding hydrogens is 318 g/mol. The fraction of sp³-hybridized carbons (Fsp3) is 0. The number of allylic oxidation sites excluding steroid dienone is 1. The van der Waals surface area contributed by atoms with Crippen molar-refractivity contribution in [3.63, 3.8) is 0 Å². The number of hydrogen-bond acceptors (Lipinski definition) is 5.